The Morgan fingerprint density at radius 2 is 2.28 bits per heavy atom. The summed E-state index contributed by atoms with van der Waals surface area (Å²) in [6, 6.07) is 7.21. The average molecular weight is 337 g/mol. The van der Waals surface area contributed by atoms with Gasteiger partial charge >= 0.3 is 6.09 Å². The number of fused-ring (bicyclic) bond motifs is 2. The van der Waals surface area contributed by atoms with Crippen LogP contribution in [0.5, 0.6) is 0 Å². The van der Waals surface area contributed by atoms with E-state index in [4.69, 9.17) is 0 Å². The summed E-state index contributed by atoms with van der Waals surface area (Å²) in [5.74, 6) is -0.155. The Kier molecular flexibility index (Phi) is 3.57. The number of hydrogen-bond acceptors (Lipinski definition) is 5. The van der Waals surface area contributed by atoms with Gasteiger partial charge in [-0.05, 0) is 29.8 Å². The highest BCUT2D eigenvalue weighted by atomic mass is 16.5. The third-order valence-electron chi connectivity index (χ3n) is 4.22. The monoisotopic (exact) mass is 337 g/mol. The van der Waals surface area contributed by atoms with Crippen LogP contribution in [0.4, 0.5) is 4.79 Å². The van der Waals surface area contributed by atoms with Crippen LogP contribution in [-0.2, 0) is 4.74 Å². The van der Waals surface area contributed by atoms with Gasteiger partial charge in [-0.2, -0.15) is 0 Å². The van der Waals surface area contributed by atoms with Crippen LogP contribution < -0.4 is 10.6 Å². The van der Waals surface area contributed by atoms with Gasteiger partial charge in [0.05, 0.1) is 13.2 Å². The second kappa shape index (κ2) is 5.90. The fourth-order valence-corrected chi connectivity index (χ4v) is 3.01. The van der Waals surface area contributed by atoms with Crippen LogP contribution in [0.25, 0.3) is 16.7 Å². The third kappa shape index (κ3) is 2.57. The molecule has 0 aliphatic carbocycles. The fraction of sp³-hybridized carbons (Fsp3) is 0.176. The largest absolute Gasteiger partial charge is 0.453 e. The predicted octanol–water partition coefficient (Wildman–Crippen LogP) is 1.56. The van der Waals surface area contributed by atoms with E-state index in [1.807, 2.05) is 29.0 Å². The number of amides is 2. The van der Waals surface area contributed by atoms with Crippen LogP contribution in [0.1, 0.15) is 22.0 Å². The van der Waals surface area contributed by atoms with Gasteiger partial charge in [0, 0.05) is 35.6 Å². The van der Waals surface area contributed by atoms with Gasteiger partial charge in [-0.3, -0.25) is 4.79 Å². The van der Waals surface area contributed by atoms with Gasteiger partial charge < -0.3 is 19.9 Å². The number of benzene rings is 1. The maximum Gasteiger partial charge on any atom is 0.406 e. The summed E-state index contributed by atoms with van der Waals surface area (Å²) in [5, 5.41) is 6.41. The van der Waals surface area contributed by atoms with Crippen molar-refractivity contribution in [3.05, 3.63) is 54.1 Å². The topological polar surface area (TPSA) is 98.1 Å². The number of nitrogens with zero attached hydrogens (tertiary/aromatic N) is 3. The molecule has 1 aliphatic heterocycles. The second-order valence-corrected chi connectivity index (χ2v) is 5.66. The first-order chi connectivity index (χ1) is 12.2. The van der Waals surface area contributed by atoms with Gasteiger partial charge in [-0.1, -0.05) is 0 Å². The zero-order valence-corrected chi connectivity index (χ0v) is 13.4. The van der Waals surface area contributed by atoms with Crippen molar-refractivity contribution in [2.24, 2.45) is 0 Å². The Balaban J connectivity index is 1.71. The molecule has 2 amide bonds. The minimum atomic E-state index is -0.535. The molecule has 8 nitrogen and oxygen atoms in total. The number of nitrogens with one attached hydrogen (secondary N) is 2. The molecule has 3 heterocycles. The van der Waals surface area contributed by atoms with Crippen LogP contribution in [0.2, 0.25) is 0 Å². The van der Waals surface area contributed by atoms with Crippen molar-refractivity contribution in [3.63, 3.8) is 0 Å². The third-order valence-corrected chi connectivity index (χ3v) is 4.22. The fourth-order valence-electron chi connectivity index (χ4n) is 3.01. The number of methoxy groups -OCH3 is 1. The average Bonchev–Trinajstić information content (AvgIpc) is 3.21. The molecule has 8 heteroatoms. The normalized spacial score (nSPS) is 15.7. The molecular formula is C17H15N5O3. The lowest BCUT2D eigenvalue weighted by molar-refractivity contribution is 0.0954. The van der Waals surface area contributed by atoms with E-state index in [1.165, 1.54) is 13.4 Å². The summed E-state index contributed by atoms with van der Waals surface area (Å²) < 4.78 is 6.51. The smallest absolute Gasteiger partial charge is 0.406 e. The summed E-state index contributed by atoms with van der Waals surface area (Å²) in [6.45, 7) is 0.253. The van der Waals surface area contributed by atoms with Gasteiger partial charge in [-0.15, -0.1) is 0 Å². The number of aromatic nitrogens is 3. The number of hydrogen-bond donors (Lipinski definition) is 2. The van der Waals surface area contributed by atoms with Gasteiger partial charge in [0.2, 0.25) is 0 Å². The van der Waals surface area contributed by atoms with Crippen molar-refractivity contribution >= 4 is 23.0 Å². The van der Waals surface area contributed by atoms with Gasteiger partial charge in [0.25, 0.3) is 5.91 Å². The number of ether oxygens (including phenoxy) is 1. The first kappa shape index (κ1) is 15.1. The molecule has 0 saturated heterocycles. The van der Waals surface area contributed by atoms with E-state index in [2.05, 4.69) is 25.3 Å². The standard InChI is InChI=1S/C17H15N5O3/c1-25-17(24)19-8-14-13-6-11(2-3-12(13)16(23)21-14)22-5-4-10-7-18-9-20-15(10)22/h2-7,9,14H,8H2,1H3,(H,19,24)(H,21,23). The lowest BCUT2D eigenvalue weighted by Gasteiger charge is -2.13. The number of alkyl carbamates (subject to hydrolysis) is 1. The summed E-state index contributed by atoms with van der Waals surface area (Å²) in [5.41, 5.74) is 3.10. The van der Waals surface area contributed by atoms with E-state index in [-0.39, 0.29) is 18.5 Å². The summed E-state index contributed by atoms with van der Waals surface area (Å²) in [4.78, 5) is 31.7. The van der Waals surface area contributed by atoms with Crippen LogP contribution in [0.3, 0.4) is 0 Å². The molecule has 2 N–H and O–H groups in total. The molecule has 0 saturated carbocycles. The number of carbonyl (C=O) groups is 2. The minimum absolute atomic E-state index is 0.155. The highest BCUT2D eigenvalue weighted by molar-refractivity contribution is 5.99. The minimum Gasteiger partial charge on any atom is -0.453 e. The second-order valence-electron chi connectivity index (χ2n) is 5.66. The van der Waals surface area contributed by atoms with Gasteiger partial charge in [-0.25, -0.2) is 14.8 Å². The summed E-state index contributed by atoms with van der Waals surface area (Å²) >= 11 is 0. The highest BCUT2D eigenvalue weighted by Crippen LogP contribution is 2.28. The van der Waals surface area contributed by atoms with E-state index in [1.54, 1.807) is 12.3 Å². The Morgan fingerprint density at radius 1 is 1.40 bits per heavy atom. The van der Waals surface area contributed by atoms with Crippen LogP contribution in [0.15, 0.2) is 43.0 Å². The van der Waals surface area contributed by atoms with Crippen molar-refractivity contribution in [1.29, 1.82) is 0 Å². The Labute approximate surface area is 142 Å². The molecule has 1 aliphatic rings. The molecule has 0 radical (unpaired) electrons. The summed E-state index contributed by atoms with van der Waals surface area (Å²) in [6.07, 6.45) is 4.63. The van der Waals surface area contributed by atoms with Gasteiger partial charge in [0.15, 0.2) is 0 Å². The number of rotatable bonds is 3. The molecule has 0 fully saturated rings. The molecular weight excluding hydrogens is 322 g/mol. The van der Waals surface area contributed by atoms with E-state index in [0.717, 1.165) is 22.3 Å². The van der Waals surface area contributed by atoms with E-state index >= 15 is 0 Å². The number of carbonyl (C=O) groups excluding carboxylic acids is 2. The van der Waals surface area contributed by atoms with E-state index in [9.17, 15) is 9.59 Å². The quantitative estimate of drug-likeness (QED) is 0.756. The molecule has 1 aromatic carbocycles. The summed E-state index contributed by atoms with van der Waals surface area (Å²) in [7, 11) is 1.30. The molecule has 2 aromatic heterocycles. The molecule has 25 heavy (non-hydrogen) atoms. The maximum absolute atomic E-state index is 12.1. The van der Waals surface area contributed by atoms with Crippen molar-refractivity contribution in [2.75, 3.05) is 13.7 Å². The van der Waals surface area contributed by atoms with Crippen molar-refractivity contribution in [2.45, 2.75) is 6.04 Å². The zero-order valence-electron chi connectivity index (χ0n) is 13.4. The van der Waals surface area contributed by atoms with E-state index < -0.39 is 6.09 Å². The molecule has 1 atom stereocenters. The van der Waals surface area contributed by atoms with Gasteiger partial charge in [0.1, 0.15) is 12.0 Å². The van der Waals surface area contributed by atoms with Crippen molar-refractivity contribution in [1.82, 2.24) is 25.2 Å². The SMILES string of the molecule is COC(=O)NCC1NC(=O)c2ccc(-n3ccc4cncnc43)cc21. The molecule has 0 spiro atoms. The molecule has 126 valence electrons. The lowest BCUT2D eigenvalue weighted by atomic mass is 10.0. The molecule has 4 rings (SSSR count). The maximum atomic E-state index is 12.1. The first-order valence-corrected chi connectivity index (χ1v) is 7.71. The molecule has 3 aromatic rings. The Morgan fingerprint density at radius 3 is 3.12 bits per heavy atom. The van der Waals surface area contributed by atoms with E-state index in [0.29, 0.717) is 5.56 Å². The van der Waals surface area contributed by atoms with Crippen LogP contribution in [-0.4, -0.2) is 40.2 Å². The van der Waals surface area contributed by atoms with Crippen LogP contribution >= 0.6 is 0 Å². The Bertz CT molecular complexity index is 981. The molecule has 1 unspecified atom stereocenters. The lowest BCUT2D eigenvalue weighted by Crippen LogP contribution is -2.33. The van der Waals surface area contributed by atoms with Crippen LogP contribution in [0, 0.1) is 0 Å². The van der Waals surface area contributed by atoms with Crippen molar-refractivity contribution in [3.8, 4) is 5.69 Å². The molecule has 0 bridgehead atoms. The predicted molar refractivity (Wildman–Crippen MR) is 89.5 cm³/mol. The van der Waals surface area contributed by atoms with Crippen molar-refractivity contribution < 1.29 is 14.3 Å². The first-order valence-electron chi connectivity index (χ1n) is 7.71. The highest BCUT2D eigenvalue weighted by Gasteiger charge is 2.29. The zero-order chi connectivity index (χ0) is 17.4. The Hall–Kier alpha value is -3.42.